The second-order valence-electron chi connectivity index (χ2n) is 12.0. The molecule has 5 heteroatoms. The molecule has 2 bridgehead atoms. The van der Waals surface area contributed by atoms with E-state index >= 15 is 0 Å². The summed E-state index contributed by atoms with van der Waals surface area (Å²) < 4.78 is 5.62. The summed E-state index contributed by atoms with van der Waals surface area (Å²) in [5.41, 5.74) is 1.51. The van der Waals surface area contributed by atoms with E-state index in [1.54, 1.807) is 7.11 Å². The van der Waals surface area contributed by atoms with Gasteiger partial charge in [0.2, 0.25) is 6.41 Å². The van der Waals surface area contributed by atoms with Crippen LogP contribution in [-0.4, -0.2) is 66.2 Å². The minimum atomic E-state index is -0.847. The maximum Gasteiger partial charge on any atom is 0.209 e. The molecule has 5 nitrogen and oxygen atoms in total. The smallest absolute Gasteiger partial charge is 0.209 e. The highest BCUT2D eigenvalue weighted by atomic mass is 16.5. The first-order chi connectivity index (χ1) is 17.0. The minimum absolute atomic E-state index is 0.115. The summed E-state index contributed by atoms with van der Waals surface area (Å²) in [7, 11) is 1.73. The van der Waals surface area contributed by atoms with E-state index in [4.69, 9.17) is 4.74 Å². The number of nitrogens with zero attached hydrogens (tertiary/aromatic N) is 2. The first kappa shape index (κ1) is 25.1. The lowest BCUT2D eigenvalue weighted by molar-refractivity contribution is -0.156. The fraction of sp³-hybridized carbons (Fsp3) is 0.767. The number of carbonyl (C=O) groups is 1. The SMILES string of the molecule is CCC12CCN(CC3CC3)C(Cc3ccc(OC)cc31)C2(O)CCN(C=O)CCC1CCCCC1. The molecule has 0 spiro atoms. The van der Waals surface area contributed by atoms with E-state index < -0.39 is 5.60 Å². The second-order valence-corrected chi connectivity index (χ2v) is 12.0. The highest BCUT2D eigenvalue weighted by Crippen LogP contribution is 2.55. The molecule has 1 aromatic rings. The molecule has 3 fully saturated rings. The van der Waals surface area contributed by atoms with Gasteiger partial charge in [-0.15, -0.1) is 0 Å². The summed E-state index contributed by atoms with van der Waals surface area (Å²) in [6.07, 6.45) is 14.9. The van der Waals surface area contributed by atoms with Crippen molar-refractivity contribution in [3.05, 3.63) is 29.3 Å². The Bertz CT molecular complexity index is 880. The first-order valence-electron chi connectivity index (χ1n) is 14.4. The summed E-state index contributed by atoms with van der Waals surface area (Å²) in [5.74, 6) is 2.44. The fourth-order valence-electron chi connectivity index (χ4n) is 7.79. The lowest BCUT2D eigenvalue weighted by atomic mass is 9.52. The van der Waals surface area contributed by atoms with Gasteiger partial charge in [-0.05, 0) is 86.6 Å². The van der Waals surface area contributed by atoms with Gasteiger partial charge in [-0.2, -0.15) is 0 Å². The minimum Gasteiger partial charge on any atom is -0.497 e. The number of methoxy groups -OCH3 is 1. The Morgan fingerprint density at radius 3 is 2.63 bits per heavy atom. The van der Waals surface area contributed by atoms with Crippen molar-refractivity contribution < 1.29 is 14.6 Å². The van der Waals surface area contributed by atoms with Gasteiger partial charge in [0.05, 0.1) is 12.7 Å². The van der Waals surface area contributed by atoms with E-state index in [0.29, 0.717) is 13.0 Å². The van der Waals surface area contributed by atoms with Gasteiger partial charge in [-0.25, -0.2) is 0 Å². The van der Waals surface area contributed by atoms with Gasteiger partial charge < -0.3 is 14.7 Å². The normalized spacial score (nSPS) is 31.1. The first-order valence-corrected chi connectivity index (χ1v) is 14.4. The van der Waals surface area contributed by atoms with Crippen LogP contribution in [0.2, 0.25) is 0 Å². The average Bonchev–Trinajstić information content (AvgIpc) is 3.71. The maximum atomic E-state index is 12.8. The molecule has 3 unspecified atom stereocenters. The van der Waals surface area contributed by atoms with Crippen LogP contribution in [0.25, 0.3) is 0 Å². The van der Waals surface area contributed by atoms with Crippen LogP contribution >= 0.6 is 0 Å². The zero-order chi connectivity index (χ0) is 24.5. The van der Waals surface area contributed by atoms with Crippen molar-refractivity contribution in [2.24, 2.45) is 11.8 Å². The number of benzene rings is 1. The molecule has 0 radical (unpaired) electrons. The van der Waals surface area contributed by atoms with Crippen molar-refractivity contribution >= 4 is 6.41 Å². The van der Waals surface area contributed by atoms with Crippen LogP contribution in [-0.2, 0) is 16.6 Å². The average molecular weight is 483 g/mol. The Hall–Kier alpha value is -1.59. The number of hydrogen-bond donors (Lipinski definition) is 1. The fourth-order valence-corrected chi connectivity index (χ4v) is 7.79. The predicted octanol–water partition coefficient (Wildman–Crippen LogP) is 4.93. The molecule has 1 amide bonds. The number of piperidine rings is 1. The highest BCUT2D eigenvalue weighted by molar-refractivity contribution is 5.49. The standard InChI is InChI=1S/C30H46N2O3/c1-3-29-14-18-32(21-24-9-10-24)28(19-25-11-12-26(35-2)20-27(25)29)30(29,34)15-17-31(22-33)16-13-23-7-5-4-6-8-23/h11-12,20,22-24,28,34H,3-10,13-19,21H2,1-2H3. The molecule has 3 atom stereocenters. The van der Waals surface area contributed by atoms with Gasteiger partial charge in [-0.1, -0.05) is 45.1 Å². The molecule has 5 rings (SSSR count). The van der Waals surface area contributed by atoms with Crippen LogP contribution in [0, 0.1) is 11.8 Å². The molecule has 1 saturated heterocycles. The Kier molecular flexibility index (Phi) is 7.46. The van der Waals surface area contributed by atoms with Gasteiger partial charge in [0.15, 0.2) is 0 Å². The van der Waals surface area contributed by atoms with Crippen molar-refractivity contribution in [3.63, 3.8) is 0 Å². The number of amides is 1. The lowest BCUT2D eigenvalue weighted by Gasteiger charge is -2.62. The third kappa shape index (κ3) is 4.75. The summed E-state index contributed by atoms with van der Waals surface area (Å²) in [6.45, 7) is 5.86. The van der Waals surface area contributed by atoms with Gasteiger partial charge >= 0.3 is 0 Å². The third-order valence-corrected chi connectivity index (χ3v) is 10.2. The molecule has 1 heterocycles. The van der Waals surface area contributed by atoms with Gasteiger partial charge in [0.1, 0.15) is 5.75 Å². The topological polar surface area (TPSA) is 53.0 Å². The molecule has 3 aliphatic carbocycles. The molecule has 0 aromatic heterocycles. The molecule has 4 aliphatic rings. The highest BCUT2D eigenvalue weighted by Gasteiger charge is 2.61. The molecule has 194 valence electrons. The van der Waals surface area contributed by atoms with Crippen molar-refractivity contribution in [2.75, 3.05) is 33.3 Å². The largest absolute Gasteiger partial charge is 0.497 e. The summed E-state index contributed by atoms with van der Waals surface area (Å²) >= 11 is 0. The number of hydrogen-bond acceptors (Lipinski definition) is 4. The molecular formula is C30H46N2O3. The summed E-state index contributed by atoms with van der Waals surface area (Å²) in [4.78, 5) is 16.6. The van der Waals surface area contributed by atoms with E-state index in [1.165, 1.54) is 56.1 Å². The molecular weight excluding hydrogens is 436 g/mol. The van der Waals surface area contributed by atoms with Crippen LogP contribution in [0.1, 0.15) is 88.7 Å². The molecule has 1 aromatic carbocycles. The van der Waals surface area contributed by atoms with E-state index in [9.17, 15) is 9.90 Å². The number of likely N-dealkylation sites (tertiary alicyclic amines) is 1. The van der Waals surface area contributed by atoms with Crippen LogP contribution in [0.3, 0.4) is 0 Å². The summed E-state index contributed by atoms with van der Waals surface area (Å²) in [5, 5.41) is 12.8. The lowest BCUT2D eigenvalue weighted by Crippen LogP contribution is -2.72. The number of carbonyl (C=O) groups excluding carboxylic acids is 1. The zero-order valence-corrected chi connectivity index (χ0v) is 22.0. The monoisotopic (exact) mass is 482 g/mol. The van der Waals surface area contributed by atoms with Crippen LogP contribution in [0.15, 0.2) is 18.2 Å². The number of rotatable bonds is 11. The Morgan fingerprint density at radius 1 is 1.14 bits per heavy atom. The van der Waals surface area contributed by atoms with Crippen LogP contribution < -0.4 is 4.74 Å². The van der Waals surface area contributed by atoms with E-state index in [0.717, 1.165) is 69.3 Å². The van der Waals surface area contributed by atoms with Crippen molar-refractivity contribution in [1.29, 1.82) is 0 Å². The van der Waals surface area contributed by atoms with Crippen LogP contribution in [0.4, 0.5) is 0 Å². The van der Waals surface area contributed by atoms with E-state index in [2.05, 4.69) is 30.0 Å². The van der Waals surface area contributed by atoms with Crippen molar-refractivity contribution in [2.45, 2.75) is 101 Å². The number of ether oxygens (including phenoxy) is 1. The maximum absolute atomic E-state index is 12.8. The molecule has 1 N–H and O–H groups in total. The molecule has 35 heavy (non-hydrogen) atoms. The van der Waals surface area contributed by atoms with Gasteiger partial charge in [-0.3, -0.25) is 9.69 Å². The van der Waals surface area contributed by atoms with Crippen LogP contribution in [0.5, 0.6) is 5.75 Å². The van der Waals surface area contributed by atoms with Crippen molar-refractivity contribution in [3.8, 4) is 5.75 Å². The quantitative estimate of drug-likeness (QED) is 0.454. The Morgan fingerprint density at radius 2 is 1.94 bits per heavy atom. The number of aliphatic hydroxyl groups is 1. The summed E-state index contributed by atoms with van der Waals surface area (Å²) in [6, 6.07) is 6.61. The molecule has 2 saturated carbocycles. The predicted molar refractivity (Wildman–Crippen MR) is 140 cm³/mol. The van der Waals surface area contributed by atoms with Gasteiger partial charge in [0, 0.05) is 31.1 Å². The third-order valence-electron chi connectivity index (χ3n) is 10.2. The molecule has 1 aliphatic heterocycles. The number of fused-ring (bicyclic) bond motifs is 4. The Balaban J connectivity index is 1.39. The van der Waals surface area contributed by atoms with E-state index in [1.807, 2.05) is 4.90 Å². The Labute approximate surface area is 212 Å². The van der Waals surface area contributed by atoms with E-state index in [-0.39, 0.29) is 11.5 Å². The van der Waals surface area contributed by atoms with Crippen molar-refractivity contribution in [1.82, 2.24) is 9.80 Å². The zero-order valence-electron chi connectivity index (χ0n) is 22.0. The second kappa shape index (κ2) is 10.4. The van der Waals surface area contributed by atoms with Gasteiger partial charge in [0.25, 0.3) is 0 Å².